The van der Waals surface area contributed by atoms with Gasteiger partial charge >= 0.3 is 6.03 Å². The number of carbonyl (C=O) groups is 3. The van der Waals surface area contributed by atoms with Crippen molar-refractivity contribution in [1.82, 2.24) is 5.32 Å². The minimum atomic E-state index is -0.819. The Morgan fingerprint density at radius 1 is 1.00 bits per heavy atom. The molecule has 6 heteroatoms. The first-order valence-corrected chi connectivity index (χ1v) is 7.83. The van der Waals surface area contributed by atoms with Crippen LogP contribution in [-0.4, -0.2) is 17.8 Å². The maximum Gasteiger partial charge on any atom is 0.318 e. The summed E-state index contributed by atoms with van der Waals surface area (Å²) >= 11 is 0. The van der Waals surface area contributed by atoms with E-state index in [1.54, 1.807) is 12.1 Å². The molecule has 0 aliphatic heterocycles. The number of benzene rings is 1. The third kappa shape index (κ3) is 10.9. The lowest BCUT2D eigenvalue weighted by atomic mass is 9.98. The summed E-state index contributed by atoms with van der Waals surface area (Å²) in [5.41, 5.74) is 10.8. The number of urea groups is 1. The van der Waals surface area contributed by atoms with Gasteiger partial charge in [0.1, 0.15) is 0 Å². The first-order valence-electron chi connectivity index (χ1n) is 7.83. The van der Waals surface area contributed by atoms with Crippen molar-refractivity contribution in [3.8, 4) is 0 Å². The molecular weight excluding hydrogens is 294 g/mol. The Morgan fingerprint density at radius 2 is 1.52 bits per heavy atom. The summed E-state index contributed by atoms with van der Waals surface area (Å²) < 4.78 is 0. The van der Waals surface area contributed by atoms with Crippen LogP contribution in [0.15, 0.2) is 30.3 Å². The summed E-state index contributed by atoms with van der Waals surface area (Å²) in [6.45, 7) is 4.15. The Kier molecular flexibility index (Phi) is 10.9. The highest BCUT2D eigenvalue weighted by molar-refractivity contribution is 5.94. The summed E-state index contributed by atoms with van der Waals surface area (Å²) in [6.07, 6.45) is 4.16. The van der Waals surface area contributed by atoms with E-state index in [-0.39, 0.29) is 18.2 Å². The zero-order valence-electron chi connectivity index (χ0n) is 13.9. The van der Waals surface area contributed by atoms with Gasteiger partial charge in [0.15, 0.2) is 0 Å². The van der Waals surface area contributed by atoms with E-state index in [1.165, 1.54) is 0 Å². The highest BCUT2D eigenvalue weighted by Crippen LogP contribution is 2.11. The molecule has 1 rings (SSSR count). The minimum absolute atomic E-state index is 0.120. The highest BCUT2D eigenvalue weighted by atomic mass is 16.2. The number of imide groups is 1. The van der Waals surface area contributed by atoms with E-state index in [1.807, 2.05) is 23.5 Å². The molecule has 0 unspecified atom stereocenters. The molecule has 1 aromatic rings. The van der Waals surface area contributed by atoms with E-state index in [4.69, 9.17) is 11.5 Å². The summed E-state index contributed by atoms with van der Waals surface area (Å²) in [7, 11) is 0. The van der Waals surface area contributed by atoms with Crippen molar-refractivity contribution in [2.45, 2.75) is 46.0 Å². The molecule has 4 amide bonds. The number of rotatable bonds is 7. The van der Waals surface area contributed by atoms with Gasteiger partial charge < -0.3 is 11.5 Å². The first-order chi connectivity index (χ1) is 10.9. The molecule has 6 nitrogen and oxygen atoms in total. The number of amides is 4. The van der Waals surface area contributed by atoms with Crippen molar-refractivity contribution in [1.29, 1.82) is 0 Å². The second kappa shape index (κ2) is 12.2. The van der Waals surface area contributed by atoms with Crippen LogP contribution in [-0.2, 0) is 16.0 Å². The molecule has 5 N–H and O–H groups in total. The second-order valence-corrected chi connectivity index (χ2v) is 5.25. The van der Waals surface area contributed by atoms with Gasteiger partial charge in [0.25, 0.3) is 0 Å². The molecular formula is C17H27N3O3. The van der Waals surface area contributed by atoms with E-state index in [2.05, 4.69) is 13.8 Å². The van der Waals surface area contributed by atoms with Crippen LogP contribution in [0.4, 0.5) is 4.79 Å². The van der Waals surface area contributed by atoms with E-state index in [9.17, 15) is 14.4 Å². The Labute approximate surface area is 137 Å². The number of hydrogen-bond acceptors (Lipinski definition) is 3. The topological polar surface area (TPSA) is 115 Å². The Hall–Kier alpha value is -2.37. The van der Waals surface area contributed by atoms with Crippen LogP contribution in [0.5, 0.6) is 0 Å². The zero-order chi connectivity index (χ0) is 17.7. The van der Waals surface area contributed by atoms with Crippen LogP contribution in [0, 0.1) is 5.92 Å². The number of carbonyl (C=O) groups excluding carboxylic acids is 3. The average Bonchev–Trinajstić information content (AvgIpc) is 2.47. The van der Waals surface area contributed by atoms with Crippen molar-refractivity contribution >= 4 is 17.8 Å². The molecule has 0 fully saturated rings. The largest absolute Gasteiger partial charge is 0.369 e. The van der Waals surface area contributed by atoms with Crippen LogP contribution in [0.2, 0.25) is 0 Å². The molecule has 0 atom stereocenters. The highest BCUT2D eigenvalue weighted by Gasteiger charge is 2.11. The quantitative estimate of drug-likeness (QED) is 0.714. The third-order valence-corrected chi connectivity index (χ3v) is 3.15. The van der Waals surface area contributed by atoms with Crippen LogP contribution < -0.4 is 16.8 Å². The zero-order valence-corrected chi connectivity index (χ0v) is 13.9. The maximum atomic E-state index is 11.0. The molecule has 0 radical (unpaired) electrons. The van der Waals surface area contributed by atoms with Crippen LogP contribution >= 0.6 is 0 Å². The lowest BCUT2D eigenvalue weighted by Gasteiger charge is -2.09. The fourth-order valence-electron chi connectivity index (χ4n) is 2.09. The molecule has 0 saturated carbocycles. The van der Waals surface area contributed by atoms with Crippen molar-refractivity contribution in [2.24, 2.45) is 17.4 Å². The molecule has 0 heterocycles. The number of primary amides is 2. The summed E-state index contributed by atoms with van der Waals surface area (Å²) in [6, 6.07) is 8.30. The van der Waals surface area contributed by atoms with Gasteiger partial charge in [-0.1, -0.05) is 57.0 Å². The van der Waals surface area contributed by atoms with Gasteiger partial charge in [-0.25, -0.2) is 4.79 Å². The van der Waals surface area contributed by atoms with Gasteiger partial charge in [0.05, 0.1) is 6.42 Å². The number of nitrogens with one attached hydrogen (secondary N) is 1. The van der Waals surface area contributed by atoms with E-state index >= 15 is 0 Å². The predicted molar refractivity (Wildman–Crippen MR) is 90.4 cm³/mol. The molecule has 0 aliphatic rings. The average molecular weight is 321 g/mol. The summed E-state index contributed by atoms with van der Waals surface area (Å²) in [5.74, 6) is -0.405. The molecule has 128 valence electrons. The van der Waals surface area contributed by atoms with Gasteiger partial charge in [-0.3, -0.25) is 14.9 Å². The SMILES string of the molecule is CCCC(CCC)C(N)=O.NC(=O)NC(=O)Cc1ccccc1. The Bertz CT molecular complexity index is 483. The predicted octanol–water partition coefficient (Wildman–Crippen LogP) is 2.11. The molecule has 0 spiro atoms. The molecule has 0 bridgehead atoms. The normalized spacial score (nSPS) is 9.70. The van der Waals surface area contributed by atoms with Crippen LogP contribution in [0.3, 0.4) is 0 Å². The molecule has 0 saturated heterocycles. The third-order valence-electron chi connectivity index (χ3n) is 3.15. The smallest absolute Gasteiger partial charge is 0.318 e. The van der Waals surface area contributed by atoms with Crippen LogP contribution in [0.1, 0.15) is 45.1 Å². The van der Waals surface area contributed by atoms with Gasteiger partial charge in [-0.05, 0) is 18.4 Å². The molecule has 1 aromatic carbocycles. The lowest BCUT2D eigenvalue weighted by molar-refractivity contribution is -0.122. The van der Waals surface area contributed by atoms with Crippen molar-refractivity contribution < 1.29 is 14.4 Å². The fourth-order valence-corrected chi connectivity index (χ4v) is 2.09. The molecule has 0 aliphatic carbocycles. The molecule has 0 aromatic heterocycles. The van der Waals surface area contributed by atoms with Crippen molar-refractivity contribution in [3.05, 3.63) is 35.9 Å². The van der Waals surface area contributed by atoms with E-state index < -0.39 is 11.9 Å². The van der Waals surface area contributed by atoms with Gasteiger partial charge in [-0.2, -0.15) is 0 Å². The number of nitrogens with two attached hydrogens (primary N) is 2. The van der Waals surface area contributed by atoms with Gasteiger partial charge in [-0.15, -0.1) is 0 Å². The summed E-state index contributed by atoms with van der Waals surface area (Å²) in [5, 5.41) is 1.99. The van der Waals surface area contributed by atoms with Gasteiger partial charge in [0, 0.05) is 5.92 Å². The monoisotopic (exact) mass is 321 g/mol. The first kappa shape index (κ1) is 20.6. The van der Waals surface area contributed by atoms with E-state index in [0.717, 1.165) is 31.2 Å². The Balaban J connectivity index is 0.000000438. The minimum Gasteiger partial charge on any atom is -0.369 e. The van der Waals surface area contributed by atoms with E-state index in [0.29, 0.717) is 0 Å². The van der Waals surface area contributed by atoms with Crippen LogP contribution in [0.25, 0.3) is 0 Å². The second-order valence-electron chi connectivity index (χ2n) is 5.25. The summed E-state index contributed by atoms with van der Waals surface area (Å²) in [4.78, 5) is 32.0. The standard InChI is InChI=1S/C9H10N2O2.C8H17NO/c10-9(13)11-8(12)6-7-4-2-1-3-5-7;1-3-5-7(6-4-2)8(9)10/h1-5H,6H2,(H3,10,11,12,13);7H,3-6H2,1-2H3,(H2,9,10). The Morgan fingerprint density at radius 3 is 1.91 bits per heavy atom. The fraction of sp³-hybridized carbons (Fsp3) is 0.471. The van der Waals surface area contributed by atoms with Crippen molar-refractivity contribution in [3.63, 3.8) is 0 Å². The van der Waals surface area contributed by atoms with Crippen molar-refractivity contribution in [2.75, 3.05) is 0 Å². The lowest BCUT2D eigenvalue weighted by Crippen LogP contribution is -2.35. The number of hydrogen-bond donors (Lipinski definition) is 3. The van der Waals surface area contributed by atoms with Gasteiger partial charge in [0.2, 0.25) is 11.8 Å². The molecule has 23 heavy (non-hydrogen) atoms. The maximum absolute atomic E-state index is 11.0.